The zero-order valence-electron chi connectivity index (χ0n) is 17.4. The van der Waals surface area contributed by atoms with E-state index in [2.05, 4.69) is 15.1 Å². The summed E-state index contributed by atoms with van der Waals surface area (Å²) < 4.78 is 0. The molecule has 3 saturated heterocycles. The Labute approximate surface area is 173 Å². The molecule has 158 valence electrons. The molecule has 1 amide bonds. The average Bonchev–Trinajstić information content (AvgIpc) is 2.94. The third kappa shape index (κ3) is 4.98. The fraction of sp³-hybridized carbons (Fsp3) is 0.652. The number of hydrogen-bond acceptors (Lipinski definition) is 4. The number of carboxylic acid groups (broad SMARTS) is 1. The average molecular weight is 400 g/mol. The molecule has 2 bridgehead atoms. The summed E-state index contributed by atoms with van der Waals surface area (Å²) in [5.74, 6) is 0.660. The smallest absolute Gasteiger partial charge is 0.335 e. The Morgan fingerprint density at radius 1 is 1.14 bits per heavy atom. The molecule has 29 heavy (non-hydrogen) atoms. The Kier molecular flexibility index (Phi) is 6.20. The number of fused-ring (bicyclic) bond motifs is 4. The van der Waals surface area contributed by atoms with E-state index in [1.807, 2.05) is 6.92 Å². The van der Waals surface area contributed by atoms with E-state index in [9.17, 15) is 14.7 Å². The lowest BCUT2D eigenvalue weighted by atomic mass is 9.83. The monoisotopic (exact) mass is 399 g/mol. The van der Waals surface area contributed by atoms with Crippen molar-refractivity contribution in [3.63, 3.8) is 0 Å². The normalized spacial score (nSPS) is 25.4. The molecule has 5 rings (SSSR count). The first-order valence-electron chi connectivity index (χ1n) is 11.0. The third-order valence-electron chi connectivity index (χ3n) is 7.06. The molecule has 6 heteroatoms. The fourth-order valence-electron chi connectivity index (χ4n) is 5.08. The van der Waals surface area contributed by atoms with E-state index in [-0.39, 0.29) is 11.5 Å². The number of piperidine rings is 1. The second-order valence-electron chi connectivity index (χ2n) is 9.27. The molecule has 3 heterocycles. The first-order valence-corrected chi connectivity index (χ1v) is 11.0. The SMILES string of the molecule is Cc1ccc(C(=O)O)cc1CNC(=O)CN1C[C@@H]2CC[C@H](C1)N(CC1CCC1)C2. The molecule has 0 unspecified atom stereocenters. The number of carbonyl (C=O) groups is 2. The molecular formula is C23H33N3O3. The Morgan fingerprint density at radius 3 is 2.69 bits per heavy atom. The van der Waals surface area contributed by atoms with Crippen LogP contribution in [0.3, 0.4) is 0 Å². The van der Waals surface area contributed by atoms with Gasteiger partial charge in [0.25, 0.3) is 0 Å². The maximum Gasteiger partial charge on any atom is 0.335 e. The number of nitrogens with one attached hydrogen (secondary N) is 1. The van der Waals surface area contributed by atoms with Gasteiger partial charge in [-0.2, -0.15) is 0 Å². The van der Waals surface area contributed by atoms with Crippen LogP contribution in [0.4, 0.5) is 0 Å². The lowest BCUT2D eigenvalue weighted by molar-refractivity contribution is -0.122. The van der Waals surface area contributed by atoms with Crippen LogP contribution in [0.25, 0.3) is 0 Å². The number of benzene rings is 1. The fourth-order valence-corrected chi connectivity index (χ4v) is 5.08. The topological polar surface area (TPSA) is 72.9 Å². The standard InChI is InChI=1S/C23H33N3O3/c1-16-5-7-19(23(28)29)9-20(16)10-24-22(27)15-25-11-18-6-8-21(14-25)26(13-18)12-17-3-2-4-17/h5,7,9,17-18,21H,2-4,6,8,10-15H2,1H3,(H,24,27)(H,28,29)/t18-,21+/m0/s1. The van der Waals surface area contributed by atoms with Crippen molar-refractivity contribution in [1.82, 2.24) is 15.1 Å². The summed E-state index contributed by atoms with van der Waals surface area (Å²) >= 11 is 0. The molecule has 4 fully saturated rings. The van der Waals surface area contributed by atoms with Crippen molar-refractivity contribution in [1.29, 1.82) is 0 Å². The number of nitrogens with zero attached hydrogens (tertiary/aromatic N) is 2. The van der Waals surface area contributed by atoms with E-state index in [4.69, 9.17) is 0 Å². The highest BCUT2D eigenvalue weighted by atomic mass is 16.4. The van der Waals surface area contributed by atoms with Gasteiger partial charge in [0, 0.05) is 38.8 Å². The minimum Gasteiger partial charge on any atom is -0.478 e. The summed E-state index contributed by atoms with van der Waals surface area (Å²) in [6.07, 6.45) is 6.72. The molecule has 6 nitrogen and oxygen atoms in total. The van der Waals surface area contributed by atoms with Crippen molar-refractivity contribution < 1.29 is 14.7 Å². The van der Waals surface area contributed by atoms with Gasteiger partial charge in [-0.3, -0.25) is 14.6 Å². The molecule has 0 radical (unpaired) electrons. The highest BCUT2D eigenvalue weighted by molar-refractivity contribution is 5.88. The Morgan fingerprint density at radius 2 is 1.97 bits per heavy atom. The van der Waals surface area contributed by atoms with Gasteiger partial charge >= 0.3 is 5.97 Å². The van der Waals surface area contributed by atoms with Gasteiger partial charge < -0.3 is 10.4 Å². The van der Waals surface area contributed by atoms with Gasteiger partial charge in [0.2, 0.25) is 5.91 Å². The number of carboxylic acids is 1. The van der Waals surface area contributed by atoms with Gasteiger partial charge in [-0.1, -0.05) is 12.5 Å². The molecule has 1 aromatic rings. The van der Waals surface area contributed by atoms with Crippen molar-refractivity contribution in [3.05, 3.63) is 34.9 Å². The first kappa shape index (κ1) is 20.4. The summed E-state index contributed by atoms with van der Waals surface area (Å²) in [6.45, 7) is 7.20. The second kappa shape index (κ2) is 8.84. The van der Waals surface area contributed by atoms with Gasteiger partial charge in [0.15, 0.2) is 0 Å². The molecule has 2 N–H and O–H groups in total. The Hall–Kier alpha value is -1.92. The van der Waals surface area contributed by atoms with E-state index in [0.29, 0.717) is 25.0 Å². The van der Waals surface area contributed by atoms with E-state index in [1.165, 1.54) is 45.2 Å². The van der Waals surface area contributed by atoms with Crippen LogP contribution in [0.2, 0.25) is 0 Å². The Balaban J connectivity index is 1.30. The van der Waals surface area contributed by atoms with Crippen LogP contribution >= 0.6 is 0 Å². The first-order chi connectivity index (χ1) is 14.0. The minimum atomic E-state index is -0.941. The number of rotatable bonds is 7. The van der Waals surface area contributed by atoms with Crippen LogP contribution in [-0.4, -0.2) is 65.5 Å². The van der Waals surface area contributed by atoms with E-state index in [0.717, 1.165) is 30.1 Å². The largest absolute Gasteiger partial charge is 0.478 e. The number of hydrogen-bond donors (Lipinski definition) is 2. The summed E-state index contributed by atoms with van der Waals surface area (Å²) in [5, 5.41) is 12.2. The number of aryl methyl sites for hydroxylation is 1. The number of carbonyl (C=O) groups excluding carboxylic acids is 1. The van der Waals surface area contributed by atoms with Gasteiger partial charge in [-0.05, 0) is 67.7 Å². The van der Waals surface area contributed by atoms with Gasteiger partial charge in [-0.15, -0.1) is 0 Å². The quantitative estimate of drug-likeness (QED) is 0.737. The molecule has 4 aliphatic rings. The van der Waals surface area contributed by atoms with Crippen molar-refractivity contribution in [2.75, 3.05) is 32.7 Å². The molecule has 3 aliphatic heterocycles. The van der Waals surface area contributed by atoms with Crippen LogP contribution in [0.15, 0.2) is 18.2 Å². The highest BCUT2D eigenvalue weighted by Gasteiger charge is 2.36. The molecule has 1 aliphatic carbocycles. The zero-order valence-corrected chi connectivity index (χ0v) is 17.4. The van der Waals surface area contributed by atoms with Gasteiger partial charge in [-0.25, -0.2) is 4.79 Å². The minimum absolute atomic E-state index is 0.0250. The highest BCUT2D eigenvalue weighted by Crippen LogP contribution is 2.33. The van der Waals surface area contributed by atoms with E-state index >= 15 is 0 Å². The van der Waals surface area contributed by atoms with E-state index < -0.39 is 5.97 Å². The van der Waals surface area contributed by atoms with Crippen molar-refractivity contribution >= 4 is 11.9 Å². The van der Waals surface area contributed by atoms with Crippen molar-refractivity contribution in [3.8, 4) is 0 Å². The summed E-state index contributed by atoms with van der Waals surface area (Å²) in [6, 6.07) is 5.65. The lowest BCUT2D eigenvalue weighted by Gasteiger charge is -2.40. The molecule has 1 aromatic carbocycles. The number of aromatic carboxylic acids is 1. The van der Waals surface area contributed by atoms with Crippen molar-refractivity contribution in [2.45, 2.75) is 51.6 Å². The molecule has 0 aromatic heterocycles. The van der Waals surface area contributed by atoms with Crippen LogP contribution < -0.4 is 5.32 Å². The maximum absolute atomic E-state index is 12.6. The number of amides is 1. The summed E-state index contributed by atoms with van der Waals surface area (Å²) in [7, 11) is 0. The molecule has 0 spiro atoms. The Bertz CT molecular complexity index is 762. The van der Waals surface area contributed by atoms with Crippen LogP contribution in [0, 0.1) is 18.8 Å². The van der Waals surface area contributed by atoms with Crippen LogP contribution in [0.1, 0.15) is 53.6 Å². The van der Waals surface area contributed by atoms with E-state index in [1.54, 1.807) is 18.2 Å². The van der Waals surface area contributed by atoms with Crippen LogP contribution in [-0.2, 0) is 11.3 Å². The predicted octanol–water partition coefficient (Wildman–Crippen LogP) is 2.51. The third-order valence-corrected chi connectivity index (χ3v) is 7.06. The summed E-state index contributed by atoms with van der Waals surface area (Å²) in [5.41, 5.74) is 2.12. The van der Waals surface area contributed by atoms with Crippen LogP contribution in [0.5, 0.6) is 0 Å². The molecular weight excluding hydrogens is 366 g/mol. The predicted molar refractivity (Wildman–Crippen MR) is 112 cm³/mol. The molecule has 1 saturated carbocycles. The maximum atomic E-state index is 12.6. The van der Waals surface area contributed by atoms with Gasteiger partial charge in [0.05, 0.1) is 12.1 Å². The van der Waals surface area contributed by atoms with Crippen molar-refractivity contribution in [2.24, 2.45) is 11.8 Å². The summed E-state index contributed by atoms with van der Waals surface area (Å²) in [4.78, 5) is 28.8. The zero-order chi connectivity index (χ0) is 20.4. The van der Waals surface area contributed by atoms with Gasteiger partial charge in [0.1, 0.15) is 0 Å². The second-order valence-corrected chi connectivity index (χ2v) is 9.27. The lowest BCUT2D eigenvalue weighted by Crippen LogP contribution is -2.47. The molecule has 2 atom stereocenters.